The summed E-state index contributed by atoms with van der Waals surface area (Å²) < 4.78 is 5.25. The number of hydrogen-bond acceptors (Lipinski definition) is 5. The highest BCUT2D eigenvalue weighted by Gasteiger charge is 2.68. The first-order valence-corrected chi connectivity index (χ1v) is 11.9. The smallest absolute Gasteiger partial charge is 0.327 e. The van der Waals surface area contributed by atoms with Crippen molar-refractivity contribution < 1.29 is 19.1 Å². The predicted octanol–water partition coefficient (Wildman–Crippen LogP) is 3.94. The van der Waals surface area contributed by atoms with E-state index in [1.54, 1.807) is 18.2 Å². The minimum Gasteiger partial charge on any atom is -0.468 e. The topological polar surface area (TPSA) is 75.7 Å². The number of methoxy groups -OCH3 is 1. The van der Waals surface area contributed by atoms with Crippen molar-refractivity contribution in [1.29, 1.82) is 0 Å². The summed E-state index contributed by atoms with van der Waals surface area (Å²) in [7, 11) is 1.31. The molecule has 1 N–H and O–H groups in total. The van der Waals surface area contributed by atoms with Crippen molar-refractivity contribution in [2.24, 2.45) is 11.8 Å². The fraction of sp³-hybridized carbons (Fsp3) is 0.250. The van der Waals surface area contributed by atoms with Gasteiger partial charge in [-0.2, -0.15) is 0 Å². The lowest BCUT2D eigenvalue weighted by atomic mass is 9.76. The second-order valence-electron chi connectivity index (χ2n) is 9.05. The number of nitrogens with zero attached hydrogens (tertiary/aromatic N) is 1. The van der Waals surface area contributed by atoms with Crippen LogP contribution in [0.5, 0.6) is 0 Å². The van der Waals surface area contributed by atoms with Gasteiger partial charge in [0.1, 0.15) is 5.54 Å². The lowest BCUT2D eigenvalue weighted by Gasteiger charge is -2.32. The molecule has 3 aromatic rings. The third-order valence-corrected chi connectivity index (χ3v) is 7.25. The zero-order chi connectivity index (χ0) is 24.6. The molecule has 7 heteroatoms. The van der Waals surface area contributed by atoms with Crippen LogP contribution in [0.15, 0.2) is 84.9 Å². The van der Waals surface area contributed by atoms with Gasteiger partial charge in [0, 0.05) is 17.5 Å². The van der Waals surface area contributed by atoms with Crippen LogP contribution in [0.3, 0.4) is 0 Å². The Kier molecular flexibility index (Phi) is 6.17. The number of carbonyl (C=O) groups excluding carboxylic acids is 3. The number of rotatable bonds is 6. The maximum absolute atomic E-state index is 13.9. The summed E-state index contributed by atoms with van der Waals surface area (Å²) in [5.74, 6) is -2.94. The number of ether oxygens (including phenoxy) is 1. The Hall–Kier alpha value is -3.48. The molecule has 0 bridgehead atoms. The summed E-state index contributed by atoms with van der Waals surface area (Å²) in [6.45, 7) is 0.149. The second-order valence-corrected chi connectivity index (χ2v) is 9.49. The summed E-state index contributed by atoms with van der Waals surface area (Å²) in [6.07, 6.45) is 0.205. The molecule has 4 atom stereocenters. The molecule has 0 aliphatic carbocycles. The molecule has 6 nitrogen and oxygen atoms in total. The van der Waals surface area contributed by atoms with E-state index in [0.717, 1.165) is 16.7 Å². The minimum atomic E-state index is -1.41. The van der Waals surface area contributed by atoms with Crippen LogP contribution < -0.4 is 5.32 Å². The van der Waals surface area contributed by atoms with Crippen LogP contribution in [0.25, 0.3) is 0 Å². The van der Waals surface area contributed by atoms with E-state index in [1.165, 1.54) is 12.0 Å². The van der Waals surface area contributed by atoms with Gasteiger partial charge in [-0.05, 0) is 28.8 Å². The number of halogens is 1. The van der Waals surface area contributed by atoms with Crippen LogP contribution in [0.2, 0.25) is 5.02 Å². The van der Waals surface area contributed by atoms with E-state index < -0.39 is 29.4 Å². The molecule has 2 amide bonds. The van der Waals surface area contributed by atoms with Crippen LogP contribution in [0.1, 0.15) is 22.7 Å². The van der Waals surface area contributed by atoms with Crippen LogP contribution >= 0.6 is 11.6 Å². The fourth-order valence-corrected chi connectivity index (χ4v) is 5.69. The number of likely N-dealkylation sites (tertiary alicyclic amines) is 1. The number of carbonyl (C=O) groups is 3. The maximum Gasteiger partial charge on any atom is 0.327 e. The third-order valence-electron chi connectivity index (χ3n) is 7.01. The Bertz CT molecular complexity index is 1270. The summed E-state index contributed by atoms with van der Waals surface area (Å²) in [4.78, 5) is 42.4. The van der Waals surface area contributed by atoms with E-state index in [-0.39, 0.29) is 24.8 Å². The van der Waals surface area contributed by atoms with Gasteiger partial charge in [0.25, 0.3) is 0 Å². The molecule has 0 radical (unpaired) electrons. The average Bonchev–Trinajstić information content (AvgIpc) is 3.34. The van der Waals surface area contributed by atoms with Gasteiger partial charge in [-0.25, -0.2) is 0 Å². The zero-order valence-electron chi connectivity index (χ0n) is 19.2. The van der Waals surface area contributed by atoms with Crippen molar-refractivity contribution in [1.82, 2.24) is 10.2 Å². The number of hydrogen-bond donors (Lipinski definition) is 1. The van der Waals surface area contributed by atoms with Crippen LogP contribution in [0, 0.1) is 11.8 Å². The van der Waals surface area contributed by atoms with Crippen molar-refractivity contribution in [2.75, 3.05) is 7.11 Å². The van der Waals surface area contributed by atoms with E-state index >= 15 is 0 Å². The second kappa shape index (κ2) is 9.29. The van der Waals surface area contributed by atoms with E-state index in [2.05, 4.69) is 5.32 Å². The molecule has 0 unspecified atom stereocenters. The van der Waals surface area contributed by atoms with Gasteiger partial charge < -0.3 is 4.74 Å². The maximum atomic E-state index is 13.9. The molecule has 2 fully saturated rings. The largest absolute Gasteiger partial charge is 0.468 e. The van der Waals surface area contributed by atoms with Crippen molar-refractivity contribution in [3.8, 4) is 0 Å². The molecular formula is C28H25ClN2O4. The lowest BCUT2D eigenvalue weighted by Crippen LogP contribution is -2.57. The van der Waals surface area contributed by atoms with E-state index in [4.69, 9.17) is 16.3 Å². The Balaban J connectivity index is 1.63. The standard InChI is InChI=1S/C28H25ClN2O4/c1-35-27(34)28(16-18-9-4-2-5-10-18)23-22(24(30-28)20-13-8-14-21(29)15-20)25(32)31(26(23)33)17-19-11-6-3-7-12-19/h2-15,22-24,30H,16-17H2,1H3/t22-,23+,24-,28-/m0/s1. The monoisotopic (exact) mass is 488 g/mol. The van der Waals surface area contributed by atoms with E-state index in [1.807, 2.05) is 66.7 Å². The van der Waals surface area contributed by atoms with Gasteiger partial charge in [0.2, 0.25) is 11.8 Å². The Morgan fingerprint density at radius 1 is 0.943 bits per heavy atom. The molecule has 3 aromatic carbocycles. The van der Waals surface area contributed by atoms with Gasteiger partial charge in [0.15, 0.2) is 0 Å². The van der Waals surface area contributed by atoms with E-state index in [9.17, 15) is 14.4 Å². The molecule has 0 saturated carbocycles. The van der Waals surface area contributed by atoms with Gasteiger partial charge >= 0.3 is 5.97 Å². The van der Waals surface area contributed by atoms with Gasteiger partial charge in [-0.15, -0.1) is 0 Å². The van der Waals surface area contributed by atoms with Gasteiger partial charge in [-0.1, -0.05) is 84.4 Å². The highest BCUT2D eigenvalue weighted by atomic mass is 35.5. The summed E-state index contributed by atoms with van der Waals surface area (Å²) in [5, 5.41) is 3.90. The quantitative estimate of drug-likeness (QED) is 0.420. The predicted molar refractivity (Wildman–Crippen MR) is 131 cm³/mol. The molecule has 178 valence electrons. The first-order chi connectivity index (χ1) is 16.9. The molecule has 0 aromatic heterocycles. The number of imide groups is 1. The molecule has 2 aliphatic rings. The number of amides is 2. The molecule has 2 aliphatic heterocycles. The fourth-order valence-electron chi connectivity index (χ4n) is 5.49. The molecular weight excluding hydrogens is 464 g/mol. The SMILES string of the molecule is COC(=O)[C@@]1(Cc2ccccc2)N[C@@H](c2cccc(Cl)c2)[C@H]2C(=O)N(Cc3ccccc3)C(=O)[C@@H]21. The summed E-state index contributed by atoms with van der Waals surface area (Å²) in [5.41, 5.74) is 1.03. The van der Waals surface area contributed by atoms with Crippen molar-refractivity contribution in [3.05, 3.63) is 107 Å². The van der Waals surface area contributed by atoms with Crippen LogP contribution in [-0.4, -0.2) is 35.3 Å². The van der Waals surface area contributed by atoms with Crippen molar-refractivity contribution >= 4 is 29.4 Å². The van der Waals surface area contributed by atoms with Gasteiger partial charge in [0.05, 0.1) is 25.5 Å². The number of nitrogens with one attached hydrogen (secondary N) is 1. The Labute approximate surface area is 208 Å². The lowest BCUT2D eigenvalue weighted by molar-refractivity contribution is -0.154. The zero-order valence-corrected chi connectivity index (χ0v) is 19.9. The highest BCUT2D eigenvalue weighted by Crippen LogP contribution is 2.50. The number of fused-ring (bicyclic) bond motifs is 1. The van der Waals surface area contributed by atoms with Gasteiger partial charge in [-0.3, -0.25) is 24.6 Å². The average molecular weight is 489 g/mol. The molecule has 2 saturated heterocycles. The molecule has 0 spiro atoms. The molecule has 5 rings (SSSR count). The van der Waals surface area contributed by atoms with Crippen molar-refractivity contribution in [3.63, 3.8) is 0 Å². The van der Waals surface area contributed by atoms with E-state index in [0.29, 0.717) is 5.02 Å². The highest BCUT2D eigenvalue weighted by molar-refractivity contribution is 6.30. The first kappa shape index (κ1) is 23.3. The Morgan fingerprint density at radius 2 is 1.60 bits per heavy atom. The minimum absolute atomic E-state index is 0.149. The first-order valence-electron chi connectivity index (χ1n) is 11.5. The number of esters is 1. The summed E-state index contributed by atoms with van der Waals surface area (Å²) in [6, 6.07) is 25.4. The summed E-state index contributed by atoms with van der Waals surface area (Å²) >= 11 is 6.28. The normalized spacial score (nSPS) is 25.5. The molecule has 35 heavy (non-hydrogen) atoms. The van der Waals surface area contributed by atoms with Crippen molar-refractivity contribution in [2.45, 2.75) is 24.5 Å². The molecule has 2 heterocycles. The van der Waals surface area contributed by atoms with Crippen LogP contribution in [-0.2, 0) is 32.1 Å². The number of benzene rings is 3. The Morgan fingerprint density at radius 3 is 2.23 bits per heavy atom. The van der Waals surface area contributed by atoms with Crippen LogP contribution in [0.4, 0.5) is 0 Å². The third kappa shape index (κ3) is 4.03.